The lowest BCUT2D eigenvalue weighted by Crippen LogP contribution is -2.52. The molecule has 1 amide bonds. The van der Waals surface area contributed by atoms with E-state index in [2.05, 4.69) is 34.7 Å². The molecule has 1 aromatic rings. The molecule has 3 aliphatic rings. The molecular weight excluding hydrogens is 350 g/mol. The number of carbonyl (C=O) groups is 1. The lowest BCUT2D eigenvalue weighted by molar-refractivity contribution is -0.137. The average molecular weight is 380 g/mol. The average Bonchev–Trinajstić information content (AvgIpc) is 3.32. The summed E-state index contributed by atoms with van der Waals surface area (Å²) >= 11 is 0. The molecule has 0 radical (unpaired) electrons. The van der Waals surface area contributed by atoms with E-state index < -0.39 is 9.84 Å². The highest BCUT2D eigenvalue weighted by molar-refractivity contribution is 7.91. The van der Waals surface area contributed by atoms with Crippen LogP contribution < -0.4 is 0 Å². The highest BCUT2D eigenvalue weighted by Gasteiger charge is 2.39. The van der Waals surface area contributed by atoms with Gasteiger partial charge in [-0.15, -0.1) is 0 Å². The van der Waals surface area contributed by atoms with Gasteiger partial charge in [0.1, 0.15) is 0 Å². The van der Waals surface area contributed by atoms with Crippen LogP contribution in [0.2, 0.25) is 0 Å². The monoisotopic (exact) mass is 379 g/mol. The van der Waals surface area contributed by atoms with E-state index in [-0.39, 0.29) is 35.5 Å². The quantitative estimate of drug-likeness (QED) is 0.801. The lowest BCUT2D eigenvalue weighted by Gasteiger charge is -2.39. The van der Waals surface area contributed by atoms with Gasteiger partial charge in [0.15, 0.2) is 9.84 Å². The largest absolute Gasteiger partial charge is 0.349 e. The fraction of sp³-hybridized carbons (Fsp3) is 0.737. The molecule has 1 aliphatic carbocycles. The molecule has 0 aromatic carbocycles. The third kappa shape index (κ3) is 3.43. The Labute approximate surface area is 156 Å². The minimum atomic E-state index is -2.99. The zero-order valence-corrected chi connectivity index (χ0v) is 16.3. The van der Waals surface area contributed by atoms with E-state index >= 15 is 0 Å². The Hall–Kier alpha value is -1.34. The van der Waals surface area contributed by atoms with Crippen LogP contribution in [0.1, 0.15) is 50.8 Å². The number of hydrogen-bond acceptors (Lipinski definition) is 4. The van der Waals surface area contributed by atoms with Gasteiger partial charge in [0.25, 0.3) is 0 Å². The fourth-order valence-electron chi connectivity index (χ4n) is 4.98. The van der Waals surface area contributed by atoms with E-state index in [0.29, 0.717) is 13.0 Å². The summed E-state index contributed by atoms with van der Waals surface area (Å²) in [5.41, 5.74) is 1.25. The van der Waals surface area contributed by atoms with E-state index in [1.165, 1.54) is 5.69 Å². The first-order valence-corrected chi connectivity index (χ1v) is 11.7. The van der Waals surface area contributed by atoms with Gasteiger partial charge in [0, 0.05) is 43.1 Å². The van der Waals surface area contributed by atoms with Crippen molar-refractivity contribution < 1.29 is 13.2 Å². The van der Waals surface area contributed by atoms with Gasteiger partial charge < -0.3 is 9.47 Å². The molecule has 1 aromatic heterocycles. The van der Waals surface area contributed by atoms with Crippen molar-refractivity contribution in [1.82, 2.24) is 14.4 Å². The van der Waals surface area contributed by atoms with Crippen LogP contribution >= 0.6 is 0 Å². The molecule has 3 heterocycles. The van der Waals surface area contributed by atoms with Crippen LogP contribution in [-0.4, -0.2) is 65.4 Å². The smallest absolute Gasteiger partial charge is 0.237 e. The van der Waals surface area contributed by atoms with E-state index in [1.54, 1.807) is 0 Å². The number of carbonyl (C=O) groups excluding carboxylic acids is 1. The zero-order valence-electron chi connectivity index (χ0n) is 15.5. The Morgan fingerprint density at radius 3 is 2.65 bits per heavy atom. The van der Waals surface area contributed by atoms with Crippen LogP contribution in [0.4, 0.5) is 0 Å². The maximum atomic E-state index is 13.3. The Morgan fingerprint density at radius 2 is 1.96 bits per heavy atom. The maximum absolute atomic E-state index is 13.3. The molecule has 26 heavy (non-hydrogen) atoms. The number of hydrogen-bond donors (Lipinski definition) is 0. The highest BCUT2D eigenvalue weighted by atomic mass is 32.2. The predicted molar refractivity (Wildman–Crippen MR) is 101 cm³/mol. The molecule has 144 valence electrons. The highest BCUT2D eigenvalue weighted by Crippen LogP contribution is 2.31. The number of nitrogens with zero attached hydrogens (tertiary/aromatic N) is 3. The fourth-order valence-corrected chi connectivity index (χ4v) is 6.69. The van der Waals surface area contributed by atoms with Crippen LogP contribution in [-0.2, 0) is 21.2 Å². The third-order valence-corrected chi connectivity index (χ3v) is 8.17. The van der Waals surface area contributed by atoms with Crippen LogP contribution in [0, 0.1) is 0 Å². The molecule has 2 atom stereocenters. The molecule has 0 spiro atoms. The zero-order chi connectivity index (χ0) is 18.3. The summed E-state index contributed by atoms with van der Waals surface area (Å²) in [7, 11) is -2.99. The minimum absolute atomic E-state index is 0.117. The first-order valence-electron chi connectivity index (χ1n) is 9.85. The molecular formula is C19H29N3O3S. The van der Waals surface area contributed by atoms with Crippen molar-refractivity contribution >= 4 is 15.7 Å². The number of rotatable bonds is 4. The SMILES string of the molecule is CC1c2cccn2CCN1CC(=O)N(C1CCCC1)C1CCS(=O)(=O)C1. The molecule has 2 fully saturated rings. The summed E-state index contributed by atoms with van der Waals surface area (Å²) in [5.74, 6) is 0.487. The van der Waals surface area contributed by atoms with Crippen molar-refractivity contribution in [3.63, 3.8) is 0 Å². The van der Waals surface area contributed by atoms with Crippen molar-refractivity contribution in [2.24, 2.45) is 0 Å². The van der Waals surface area contributed by atoms with Gasteiger partial charge in [0.2, 0.25) is 5.91 Å². The molecule has 2 aliphatic heterocycles. The van der Waals surface area contributed by atoms with Gasteiger partial charge in [-0.05, 0) is 38.3 Å². The van der Waals surface area contributed by atoms with Crippen molar-refractivity contribution in [2.75, 3.05) is 24.6 Å². The van der Waals surface area contributed by atoms with Gasteiger partial charge in [0.05, 0.1) is 18.1 Å². The first-order chi connectivity index (χ1) is 12.4. The Balaban J connectivity index is 1.50. The van der Waals surface area contributed by atoms with E-state index in [4.69, 9.17) is 0 Å². The van der Waals surface area contributed by atoms with E-state index in [9.17, 15) is 13.2 Å². The van der Waals surface area contributed by atoms with Gasteiger partial charge in [-0.25, -0.2) is 8.42 Å². The van der Waals surface area contributed by atoms with Crippen molar-refractivity contribution in [1.29, 1.82) is 0 Å². The normalized spacial score (nSPS) is 29.0. The maximum Gasteiger partial charge on any atom is 0.237 e. The summed E-state index contributed by atoms with van der Waals surface area (Å²) in [5, 5.41) is 0. The molecule has 2 unspecified atom stereocenters. The van der Waals surface area contributed by atoms with E-state index in [0.717, 1.165) is 38.8 Å². The lowest BCUT2D eigenvalue weighted by atomic mass is 10.1. The number of aromatic nitrogens is 1. The second-order valence-electron chi connectivity index (χ2n) is 8.07. The molecule has 7 heteroatoms. The summed E-state index contributed by atoms with van der Waals surface area (Å²) in [6.07, 6.45) is 7.01. The summed E-state index contributed by atoms with van der Waals surface area (Å²) in [4.78, 5) is 17.5. The predicted octanol–water partition coefficient (Wildman–Crippen LogP) is 1.82. The first kappa shape index (κ1) is 18.0. The van der Waals surface area contributed by atoms with Crippen LogP contribution in [0.25, 0.3) is 0 Å². The molecule has 6 nitrogen and oxygen atoms in total. The summed E-state index contributed by atoms with van der Waals surface area (Å²) in [6, 6.07) is 4.50. The Morgan fingerprint density at radius 1 is 1.19 bits per heavy atom. The van der Waals surface area contributed by atoms with Crippen LogP contribution in [0.3, 0.4) is 0 Å². The Bertz CT molecular complexity index is 767. The van der Waals surface area contributed by atoms with Crippen LogP contribution in [0.5, 0.6) is 0 Å². The van der Waals surface area contributed by atoms with Crippen molar-refractivity contribution in [2.45, 2.75) is 63.7 Å². The van der Waals surface area contributed by atoms with Crippen molar-refractivity contribution in [3.8, 4) is 0 Å². The standard InChI is InChI=1S/C19H29N3O3S/c1-15-18-7-4-9-20(18)10-11-21(15)13-19(23)22(16-5-2-3-6-16)17-8-12-26(24,25)14-17/h4,7,9,15-17H,2-3,5-6,8,10-14H2,1H3. The molecule has 0 bridgehead atoms. The van der Waals surface area contributed by atoms with Gasteiger partial charge >= 0.3 is 0 Å². The van der Waals surface area contributed by atoms with Crippen LogP contribution in [0.15, 0.2) is 18.3 Å². The van der Waals surface area contributed by atoms with Gasteiger partial charge in [-0.1, -0.05) is 12.8 Å². The number of amides is 1. The molecule has 1 saturated heterocycles. The van der Waals surface area contributed by atoms with Crippen molar-refractivity contribution in [3.05, 3.63) is 24.0 Å². The minimum Gasteiger partial charge on any atom is -0.349 e. The van der Waals surface area contributed by atoms with Gasteiger partial charge in [-0.3, -0.25) is 9.69 Å². The second kappa shape index (κ2) is 7.00. The van der Waals surface area contributed by atoms with E-state index in [1.807, 2.05) is 4.90 Å². The van der Waals surface area contributed by atoms with Gasteiger partial charge in [-0.2, -0.15) is 0 Å². The second-order valence-corrected chi connectivity index (χ2v) is 10.3. The Kier molecular flexibility index (Phi) is 4.86. The molecule has 4 rings (SSSR count). The molecule has 1 saturated carbocycles. The topological polar surface area (TPSA) is 62.6 Å². The third-order valence-electron chi connectivity index (χ3n) is 6.41. The number of sulfone groups is 1. The summed E-state index contributed by atoms with van der Waals surface area (Å²) < 4.78 is 26.2. The molecule has 0 N–H and O–H groups in total. The number of fused-ring (bicyclic) bond motifs is 1. The summed E-state index contributed by atoms with van der Waals surface area (Å²) in [6.45, 7) is 4.30.